The van der Waals surface area contributed by atoms with Crippen LogP contribution >= 0.6 is 0 Å². The van der Waals surface area contributed by atoms with Crippen molar-refractivity contribution in [3.05, 3.63) is 23.8 Å². The van der Waals surface area contributed by atoms with Gasteiger partial charge < -0.3 is 0 Å². The first-order valence-electron chi connectivity index (χ1n) is 3.92. The second kappa shape index (κ2) is 5.28. The van der Waals surface area contributed by atoms with Gasteiger partial charge in [0.2, 0.25) is 0 Å². The molecule has 0 aliphatic carbocycles. The van der Waals surface area contributed by atoms with Crippen molar-refractivity contribution in [3.8, 4) is 0 Å². The Morgan fingerprint density at radius 2 is 1.90 bits per heavy atom. The van der Waals surface area contributed by atoms with Crippen molar-refractivity contribution in [2.24, 2.45) is 0 Å². The molecule has 0 aliphatic rings. The quantitative estimate of drug-likeness (QED) is 0.410. The molecule has 0 saturated heterocycles. The van der Waals surface area contributed by atoms with Crippen molar-refractivity contribution in [2.45, 2.75) is 40.0 Å². The van der Waals surface area contributed by atoms with Gasteiger partial charge in [-0.1, -0.05) is 17.2 Å². The highest BCUT2D eigenvalue weighted by Crippen LogP contribution is 2.10. The molecule has 0 rings (SSSR count). The van der Waals surface area contributed by atoms with Crippen LogP contribution in [0.25, 0.3) is 0 Å². The first kappa shape index (κ1) is 9.48. The first-order valence-corrected chi connectivity index (χ1v) is 3.92. The zero-order valence-corrected chi connectivity index (χ0v) is 7.41. The normalized spacial score (nSPS) is 9.10. The third-order valence-corrected chi connectivity index (χ3v) is 1.81. The van der Waals surface area contributed by atoms with Gasteiger partial charge in [-0.3, -0.25) is 0 Å². The van der Waals surface area contributed by atoms with Gasteiger partial charge in [0.25, 0.3) is 0 Å². The van der Waals surface area contributed by atoms with Gasteiger partial charge in [0.15, 0.2) is 0 Å². The molecule has 58 valence electrons. The van der Waals surface area contributed by atoms with Crippen LogP contribution in [0.2, 0.25) is 0 Å². The summed E-state index contributed by atoms with van der Waals surface area (Å²) in [5.41, 5.74) is 2.99. The predicted molar refractivity (Wildman–Crippen MR) is 48.1 cm³/mol. The van der Waals surface area contributed by atoms with Crippen molar-refractivity contribution >= 4 is 0 Å². The Morgan fingerprint density at radius 1 is 1.30 bits per heavy atom. The van der Waals surface area contributed by atoms with Gasteiger partial charge in [-0.15, -0.1) is 6.58 Å². The molecule has 0 radical (unpaired) electrons. The fraction of sp³-hybridized carbons (Fsp3) is 0.600. The number of hydrogen-bond donors (Lipinski definition) is 0. The minimum Gasteiger partial charge on any atom is -0.103 e. The minimum absolute atomic E-state index is 1.14. The molecule has 0 fully saturated rings. The lowest BCUT2D eigenvalue weighted by molar-refractivity contribution is 0.824. The van der Waals surface area contributed by atoms with Crippen LogP contribution in [0.5, 0.6) is 0 Å². The van der Waals surface area contributed by atoms with E-state index in [4.69, 9.17) is 0 Å². The van der Waals surface area contributed by atoms with Crippen molar-refractivity contribution in [3.63, 3.8) is 0 Å². The fourth-order valence-corrected chi connectivity index (χ4v) is 0.762. The molecule has 0 aliphatic heterocycles. The molecule has 0 atom stereocenters. The average Bonchev–Trinajstić information content (AvgIpc) is 1.88. The number of unbranched alkanes of at least 4 members (excludes halogenated alkanes) is 1. The molecule has 10 heavy (non-hydrogen) atoms. The van der Waals surface area contributed by atoms with Crippen LogP contribution in [0, 0.1) is 0 Å². The molecule has 0 saturated carbocycles. The third kappa shape index (κ3) is 4.37. The largest absolute Gasteiger partial charge is 0.103 e. The lowest BCUT2D eigenvalue weighted by atomic mass is 10.1. The van der Waals surface area contributed by atoms with E-state index in [1.165, 1.54) is 24.0 Å². The van der Waals surface area contributed by atoms with E-state index in [0.717, 1.165) is 6.42 Å². The van der Waals surface area contributed by atoms with Gasteiger partial charge in [-0.2, -0.15) is 0 Å². The van der Waals surface area contributed by atoms with Gasteiger partial charge in [0, 0.05) is 0 Å². The van der Waals surface area contributed by atoms with Crippen molar-refractivity contribution in [1.29, 1.82) is 0 Å². The summed E-state index contributed by atoms with van der Waals surface area (Å²) in [6.07, 6.45) is 5.61. The van der Waals surface area contributed by atoms with Gasteiger partial charge in [-0.25, -0.2) is 0 Å². The molecule has 0 aromatic rings. The SMILES string of the molecule is C=CCCCC(C)=C(C)C. The summed E-state index contributed by atoms with van der Waals surface area (Å²) in [5.74, 6) is 0. The van der Waals surface area contributed by atoms with Gasteiger partial charge >= 0.3 is 0 Å². The monoisotopic (exact) mass is 138 g/mol. The van der Waals surface area contributed by atoms with Gasteiger partial charge in [0.05, 0.1) is 0 Å². The summed E-state index contributed by atoms with van der Waals surface area (Å²) in [7, 11) is 0. The van der Waals surface area contributed by atoms with E-state index >= 15 is 0 Å². The van der Waals surface area contributed by atoms with E-state index < -0.39 is 0 Å². The fourth-order valence-electron chi connectivity index (χ4n) is 0.762. The molecule has 0 unspecified atom stereocenters. The smallest absolute Gasteiger partial charge is 0.0318 e. The van der Waals surface area contributed by atoms with Crippen LogP contribution in [-0.4, -0.2) is 0 Å². The molecule has 0 spiro atoms. The number of allylic oxidation sites excluding steroid dienone is 3. The van der Waals surface area contributed by atoms with E-state index in [1.807, 2.05) is 6.08 Å². The van der Waals surface area contributed by atoms with E-state index in [1.54, 1.807) is 0 Å². The summed E-state index contributed by atoms with van der Waals surface area (Å²) < 4.78 is 0. The average molecular weight is 138 g/mol. The topological polar surface area (TPSA) is 0 Å². The lowest BCUT2D eigenvalue weighted by Gasteiger charge is -2.00. The maximum atomic E-state index is 3.69. The molecule has 0 amide bonds. The van der Waals surface area contributed by atoms with Gasteiger partial charge in [-0.05, 0) is 40.0 Å². The lowest BCUT2D eigenvalue weighted by Crippen LogP contribution is -1.80. The van der Waals surface area contributed by atoms with Crippen LogP contribution in [0.3, 0.4) is 0 Å². The number of hydrogen-bond acceptors (Lipinski definition) is 0. The Hall–Kier alpha value is -0.520. The Morgan fingerprint density at radius 3 is 2.30 bits per heavy atom. The standard InChI is InChI=1S/C10H18/c1-5-6-7-8-10(4)9(2)3/h5H,1,6-8H2,2-4H3. The molecule has 0 bridgehead atoms. The maximum Gasteiger partial charge on any atom is -0.0318 e. The van der Waals surface area contributed by atoms with E-state index in [-0.39, 0.29) is 0 Å². The summed E-state index contributed by atoms with van der Waals surface area (Å²) in [4.78, 5) is 0. The summed E-state index contributed by atoms with van der Waals surface area (Å²) in [5, 5.41) is 0. The molecule has 0 nitrogen and oxygen atoms in total. The minimum atomic E-state index is 1.14. The molecule has 0 heterocycles. The van der Waals surface area contributed by atoms with Crippen LogP contribution < -0.4 is 0 Å². The Labute approximate surface area is 64.6 Å². The van der Waals surface area contributed by atoms with Crippen LogP contribution in [-0.2, 0) is 0 Å². The predicted octanol–water partition coefficient (Wildman–Crippen LogP) is 3.70. The van der Waals surface area contributed by atoms with E-state index in [0.29, 0.717) is 0 Å². The zero-order chi connectivity index (χ0) is 7.98. The van der Waals surface area contributed by atoms with Crippen molar-refractivity contribution in [2.75, 3.05) is 0 Å². The molecule has 0 heteroatoms. The highest BCUT2D eigenvalue weighted by Gasteiger charge is 1.90. The molecule has 0 aromatic heterocycles. The van der Waals surface area contributed by atoms with E-state index in [2.05, 4.69) is 27.4 Å². The Kier molecular flexibility index (Phi) is 5.00. The van der Waals surface area contributed by atoms with Crippen LogP contribution in [0.1, 0.15) is 40.0 Å². The van der Waals surface area contributed by atoms with Crippen LogP contribution in [0.15, 0.2) is 23.8 Å². The summed E-state index contributed by atoms with van der Waals surface area (Å²) >= 11 is 0. The van der Waals surface area contributed by atoms with Crippen molar-refractivity contribution < 1.29 is 0 Å². The molecular formula is C10H18. The summed E-state index contributed by atoms with van der Waals surface area (Å²) in [6.45, 7) is 10.2. The maximum absolute atomic E-state index is 3.69. The van der Waals surface area contributed by atoms with Gasteiger partial charge in [0.1, 0.15) is 0 Å². The second-order valence-corrected chi connectivity index (χ2v) is 2.96. The summed E-state index contributed by atoms with van der Waals surface area (Å²) in [6, 6.07) is 0. The third-order valence-electron chi connectivity index (χ3n) is 1.81. The first-order chi connectivity index (χ1) is 4.68. The Bertz CT molecular complexity index is 125. The molecule has 0 N–H and O–H groups in total. The number of rotatable bonds is 4. The highest BCUT2D eigenvalue weighted by molar-refractivity contribution is 5.06. The van der Waals surface area contributed by atoms with Crippen LogP contribution in [0.4, 0.5) is 0 Å². The van der Waals surface area contributed by atoms with Crippen molar-refractivity contribution in [1.82, 2.24) is 0 Å². The molecular weight excluding hydrogens is 120 g/mol. The Balaban J connectivity index is 3.49. The van der Waals surface area contributed by atoms with E-state index in [9.17, 15) is 0 Å². The second-order valence-electron chi connectivity index (χ2n) is 2.96. The highest BCUT2D eigenvalue weighted by atomic mass is 14.0. The zero-order valence-electron chi connectivity index (χ0n) is 7.41. The molecule has 0 aromatic carbocycles.